The molecule has 0 aliphatic rings. The van der Waals surface area contributed by atoms with Gasteiger partial charge in [0, 0.05) is 0 Å². The minimum atomic E-state index is -1.51. The molecule has 0 bridgehead atoms. The van der Waals surface area contributed by atoms with Crippen LogP contribution in [0.1, 0.15) is 18.4 Å². The number of benzene rings is 1. The first-order chi connectivity index (χ1) is 8.00. The Kier molecular flexibility index (Phi) is 3.83. The Labute approximate surface area is 97.9 Å². The number of nitriles is 1. The zero-order valence-corrected chi connectivity index (χ0v) is 8.96. The predicted molar refractivity (Wildman–Crippen MR) is 58.2 cm³/mol. The van der Waals surface area contributed by atoms with Crippen LogP contribution in [0.4, 0.5) is 0 Å². The first-order valence-corrected chi connectivity index (χ1v) is 4.90. The van der Waals surface area contributed by atoms with Crippen LogP contribution < -0.4 is 0 Å². The van der Waals surface area contributed by atoms with Crippen molar-refractivity contribution in [3.05, 3.63) is 35.9 Å². The standard InChI is InChI=1S/C12H11NO4/c13-8-12(6-10(14)15,7-11(16)17)9-4-2-1-3-5-9/h1-5H,6-7H2,(H,14,15)(H,16,17). The largest absolute Gasteiger partial charge is 0.481 e. The Bertz CT molecular complexity index is 445. The first kappa shape index (κ1) is 12.7. The molecule has 0 saturated heterocycles. The molecule has 0 radical (unpaired) electrons. The molecule has 1 aromatic rings. The van der Waals surface area contributed by atoms with Gasteiger partial charge in [0.25, 0.3) is 0 Å². The fourth-order valence-corrected chi connectivity index (χ4v) is 1.68. The molecule has 0 aliphatic heterocycles. The van der Waals surface area contributed by atoms with Crippen LogP contribution in [0.25, 0.3) is 0 Å². The van der Waals surface area contributed by atoms with E-state index in [1.54, 1.807) is 30.3 Å². The fourth-order valence-electron chi connectivity index (χ4n) is 1.68. The zero-order chi connectivity index (χ0) is 12.9. The van der Waals surface area contributed by atoms with Gasteiger partial charge < -0.3 is 10.2 Å². The maximum atomic E-state index is 10.8. The van der Waals surface area contributed by atoms with Crippen molar-refractivity contribution in [1.29, 1.82) is 5.26 Å². The number of carbonyl (C=O) groups is 2. The monoisotopic (exact) mass is 233 g/mol. The van der Waals surface area contributed by atoms with E-state index < -0.39 is 30.2 Å². The highest BCUT2D eigenvalue weighted by Crippen LogP contribution is 2.31. The first-order valence-electron chi connectivity index (χ1n) is 4.90. The number of rotatable bonds is 5. The van der Waals surface area contributed by atoms with Crippen LogP contribution in [0.3, 0.4) is 0 Å². The van der Waals surface area contributed by atoms with Gasteiger partial charge in [0.15, 0.2) is 0 Å². The van der Waals surface area contributed by atoms with Crippen molar-refractivity contribution in [3.8, 4) is 6.07 Å². The van der Waals surface area contributed by atoms with E-state index in [2.05, 4.69) is 0 Å². The second-order valence-electron chi connectivity index (χ2n) is 3.70. The van der Waals surface area contributed by atoms with Crippen LogP contribution in [0.15, 0.2) is 30.3 Å². The summed E-state index contributed by atoms with van der Waals surface area (Å²) >= 11 is 0. The van der Waals surface area contributed by atoms with Gasteiger partial charge in [0.2, 0.25) is 0 Å². The molecule has 0 atom stereocenters. The second-order valence-corrected chi connectivity index (χ2v) is 3.70. The van der Waals surface area contributed by atoms with Gasteiger partial charge in [-0.2, -0.15) is 5.26 Å². The summed E-state index contributed by atoms with van der Waals surface area (Å²) < 4.78 is 0. The zero-order valence-electron chi connectivity index (χ0n) is 8.96. The summed E-state index contributed by atoms with van der Waals surface area (Å²) in [6, 6.07) is 9.97. The molecule has 0 heterocycles. The van der Waals surface area contributed by atoms with Crippen molar-refractivity contribution in [2.45, 2.75) is 18.3 Å². The number of nitrogens with zero attached hydrogens (tertiary/aromatic N) is 1. The lowest BCUT2D eigenvalue weighted by Crippen LogP contribution is -2.30. The molecule has 0 aliphatic carbocycles. The van der Waals surface area contributed by atoms with Gasteiger partial charge in [-0.15, -0.1) is 0 Å². The minimum Gasteiger partial charge on any atom is -0.481 e. The summed E-state index contributed by atoms with van der Waals surface area (Å²) in [6.45, 7) is 0. The van der Waals surface area contributed by atoms with E-state index in [-0.39, 0.29) is 0 Å². The molecule has 17 heavy (non-hydrogen) atoms. The number of carboxylic acids is 2. The van der Waals surface area contributed by atoms with Gasteiger partial charge >= 0.3 is 11.9 Å². The second kappa shape index (κ2) is 5.12. The van der Waals surface area contributed by atoms with Crippen molar-refractivity contribution >= 4 is 11.9 Å². The van der Waals surface area contributed by atoms with E-state index in [0.717, 1.165) is 0 Å². The maximum absolute atomic E-state index is 10.8. The minimum absolute atomic E-state index is 0.410. The van der Waals surface area contributed by atoms with E-state index in [4.69, 9.17) is 15.5 Å². The Hall–Kier alpha value is -2.35. The van der Waals surface area contributed by atoms with Crippen LogP contribution in [0.2, 0.25) is 0 Å². The molecular formula is C12H11NO4. The average molecular weight is 233 g/mol. The Morgan fingerprint density at radius 1 is 1.12 bits per heavy atom. The lowest BCUT2D eigenvalue weighted by Gasteiger charge is -2.23. The summed E-state index contributed by atoms with van der Waals surface area (Å²) in [5.74, 6) is -2.40. The van der Waals surface area contributed by atoms with E-state index in [9.17, 15) is 9.59 Å². The third kappa shape index (κ3) is 3.05. The Morgan fingerprint density at radius 2 is 1.59 bits per heavy atom. The third-order valence-electron chi connectivity index (χ3n) is 2.45. The van der Waals surface area contributed by atoms with Gasteiger partial charge in [0.1, 0.15) is 5.41 Å². The van der Waals surface area contributed by atoms with Gasteiger partial charge in [-0.25, -0.2) is 0 Å². The third-order valence-corrected chi connectivity index (χ3v) is 2.45. The van der Waals surface area contributed by atoms with Crippen molar-refractivity contribution < 1.29 is 19.8 Å². The molecule has 0 spiro atoms. The number of aliphatic carboxylic acids is 2. The van der Waals surface area contributed by atoms with Crippen LogP contribution in [0, 0.1) is 11.3 Å². The number of hydrogen-bond acceptors (Lipinski definition) is 3. The Balaban J connectivity index is 3.21. The van der Waals surface area contributed by atoms with Crippen molar-refractivity contribution in [2.75, 3.05) is 0 Å². The molecule has 0 amide bonds. The molecular weight excluding hydrogens is 222 g/mol. The lowest BCUT2D eigenvalue weighted by atomic mass is 9.76. The average Bonchev–Trinajstić information content (AvgIpc) is 2.28. The summed E-state index contributed by atoms with van der Waals surface area (Å²) in [5.41, 5.74) is -1.11. The number of carboxylic acid groups (broad SMARTS) is 2. The van der Waals surface area contributed by atoms with Crippen LogP contribution >= 0.6 is 0 Å². The molecule has 0 aromatic heterocycles. The van der Waals surface area contributed by atoms with Gasteiger partial charge in [-0.1, -0.05) is 30.3 Å². The van der Waals surface area contributed by atoms with E-state index in [1.807, 2.05) is 6.07 Å². The highest BCUT2D eigenvalue weighted by molar-refractivity contribution is 5.75. The van der Waals surface area contributed by atoms with Crippen LogP contribution in [0.5, 0.6) is 0 Å². The SMILES string of the molecule is N#CC(CC(=O)O)(CC(=O)O)c1ccccc1. The lowest BCUT2D eigenvalue weighted by molar-refractivity contribution is -0.140. The van der Waals surface area contributed by atoms with Gasteiger partial charge in [-0.3, -0.25) is 9.59 Å². The molecule has 0 unspecified atom stereocenters. The Morgan fingerprint density at radius 3 is 1.94 bits per heavy atom. The van der Waals surface area contributed by atoms with E-state index >= 15 is 0 Å². The highest BCUT2D eigenvalue weighted by atomic mass is 16.4. The normalized spacial score (nSPS) is 10.5. The summed E-state index contributed by atoms with van der Waals surface area (Å²) in [4.78, 5) is 21.6. The van der Waals surface area contributed by atoms with Crippen LogP contribution in [-0.2, 0) is 15.0 Å². The van der Waals surface area contributed by atoms with Crippen molar-refractivity contribution in [2.24, 2.45) is 0 Å². The van der Waals surface area contributed by atoms with Crippen molar-refractivity contribution in [1.82, 2.24) is 0 Å². The molecule has 2 N–H and O–H groups in total. The van der Waals surface area contributed by atoms with E-state index in [0.29, 0.717) is 5.56 Å². The number of hydrogen-bond donors (Lipinski definition) is 2. The topological polar surface area (TPSA) is 98.4 Å². The molecule has 88 valence electrons. The maximum Gasteiger partial charge on any atom is 0.305 e. The quantitative estimate of drug-likeness (QED) is 0.800. The summed E-state index contributed by atoms with van der Waals surface area (Å²) in [6.07, 6.45) is -1.06. The molecule has 5 heteroatoms. The molecule has 0 fully saturated rings. The summed E-state index contributed by atoms with van der Waals surface area (Å²) in [7, 11) is 0. The molecule has 0 saturated carbocycles. The highest BCUT2D eigenvalue weighted by Gasteiger charge is 2.37. The van der Waals surface area contributed by atoms with Crippen molar-refractivity contribution in [3.63, 3.8) is 0 Å². The van der Waals surface area contributed by atoms with Gasteiger partial charge in [0.05, 0.1) is 18.9 Å². The fraction of sp³-hybridized carbons (Fsp3) is 0.250. The molecule has 1 aromatic carbocycles. The molecule has 1 rings (SSSR count). The van der Waals surface area contributed by atoms with E-state index in [1.165, 1.54) is 0 Å². The van der Waals surface area contributed by atoms with Gasteiger partial charge in [-0.05, 0) is 5.56 Å². The predicted octanol–water partition coefficient (Wildman–Crippen LogP) is 1.40. The summed E-state index contributed by atoms with van der Waals surface area (Å²) in [5, 5.41) is 26.8. The smallest absolute Gasteiger partial charge is 0.305 e. The molecule has 5 nitrogen and oxygen atoms in total. The van der Waals surface area contributed by atoms with Crippen LogP contribution in [-0.4, -0.2) is 22.2 Å².